The number of rotatable bonds is 34. The Balaban J connectivity index is 4.25. The van der Waals surface area contributed by atoms with Crippen LogP contribution in [-0.4, -0.2) is 52.3 Å². The lowest BCUT2D eigenvalue weighted by Crippen LogP contribution is -2.29. The van der Waals surface area contributed by atoms with Gasteiger partial charge in [-0.2, -0.15) is 0 Å². The van der Waals surface area contributed by atoms with Gasteiger partial charge in [-0.1, -0.05) is 150 Å². The topological polar surface area (TPSA) is 140 Å². The summed E-state index contributed by atoms with van der Waals surface area (Å²) >= 11 is 0. The van der Waals surface area contributed by atoms with Gasteiger partial charge in [0, 0.05) is 12.8 Å². The third-order valence-electron chi connectivity index (χ3n) is 7.71. The van der Waals surface area contributed by atoms with Crippen LogP contribution in [0.3, 0.4) is 0 Å². The van der Waals surface area contributed by atoms with Crippen molar-refractivity contribution in [3.8, 4) is 0 Å². The molecule has 0 heterocycles. The molecule has 0 saturated heterocycles. The number of allylic oxidation sites excluding steroid dienone is 14. The van der Waals surface area contributed by atoms with Gasteiger partial charge >= 0.3 is 19.8 Å². The first-order chi connectivity index (χ1) is 25.7. The molecule has 1 unspecified atom stereocenters. The molecule has 0 bridgehead atoms. The largest absolute Gasteiger partial charge is 0.469 e. The van der Waals surface area contributed by atoms with Crippen LogP contribution in [0.5, 0.6) is 0 Å². The van der Waals surface area contributed by atoms with Gasteiger partial charge in [0.2, 0.25) is 0 Å². The van der Waals surface area contributed by atoms with E-state index in [1.165, 1.54) is 25.7 Å². The van der Waals surface area contributed by atoms with Crippen LogP contribution >= 0.6 is 7.82 Å². The first-order valence-corrected chi connectivity index (χ1v) is 21.2. The predicted molar refractivity (Wildman–Crippen MR) is 217 cm³/mol. The number of hydrogen-bond acceptors (Lipinski definition) is 7. The van der Waals surface area contributed by atoms with E-state index in [-0.39, 0.29) is 19.4 Å². The molecule has 0 fully saturated rings. The van der Waals surface area contributed by atoms with Crippen LogP contribution in [-0.2, 0) is 28.2 Å². The zero-order valence-electron chi connectivity index (χ0n) is 32.5. The first-order valence-electron chi connectivity index (χ1n) is 19.7. The van der Waals surface area contributed by atoms with E-state index in [4.69, 9.17) is 19.3 Å². The molecule has 0 aromatic carbocycles. The second kappa shape index (κ2) is 37.3. The second-order valence-corrected chi connectivity index (χ2v) is 14.0. The third-order valence-corrected chi connectivity index (χ3v) is 8.19. The molecule has 3 N–H and O–H groups in total. The molecule has 300 valence electrons. The Morgan fingerprint density at radius 3 is 1.83 bits per heavy atom. The molecular formula is C43H69O9P. The average molecular weight is 761 g/mol. The highest BCUT2D eigenvalue weighted by molar-refractivity contribution is 7.46. The van der Waals surface area contributed by atoms with Crippen LogP contribution in [0.4, 0.5) is 0 Å². The second-order valence-electron chi connectivity index (χ2n) is 12.7. The van der Waals surface area contributed by atoms with Gasteiger partial charge in [-0.15, -0.1) is 0 Å². The van der Waals surface area contributed by atoms with Crippen molar-refractivity contribution in [3.05, 3.63) is 97.2 Å². The fourth-order valence-electron chi connectivity index (χ4n) is 4.77. The van der Waals surface area contributed by atoms with E-state index in [2.05, 4.69) is 79.1 Å². The van der Waals surface area contributed by atoms with E-state index in [9.17, 15) is 19.3 Å². The highest BCUT2D eigenvalue weighted by Gasteiger charge is 2.22. The van der Waals surface area contributed by atoms with Gasteiger partial charge in [0.05, 0.1) is 12.7 Å². The summed E-state index contributed by atoms with van der Waals surface area (Å²) in [6, 6.07) is 0. The lowest BCUT2D eigenvalue weighted by Gasteiger charge is -2.18. The van der Waals surface area contributed by atoms with Gasteiger partial charge in [-0.25, -0.2) is 4.57 Å². The summed E-state index contributed by atoms with van der Waals surface area (Å²) in [5, 5.41) is 10.1. The van der Waals surface area contributed by atoms with E-state index in [0.29, 0.717) is 19.3 Å². The molecular weight excluding hydrogens is 691 g/mol. The number of phosphoric ester groups is 1. The van der Waals surface area contributed by atoms with Crippen LogP contribution in [0.2, 0.25) is 0 Å². The highest BCUT2D eigenvalue weighted by Crippen LogP contribution is 2.35. The molecule has 0 amide bonds. The van der Waals surface area contributed by atoms with Gasteiger partial charge in [-0.3, -0.25) is 14.1 Å². The minimum absolute atomic E-state index is 0.00361. The molecule has 0 aliphatic carbocycles. The number of hydrogen-bond donors (Lipinski definition) is 3. The smallest absolute Gasteiger partial charge is 0.462 e. The Labute approximate surface area is 320 Å². The summed E-state index contributed by atoms with van der Waals surface area (Å²) in [4.78, 5) is 42.7. The van der Waals surface area contributed by atoms with Gasteiger partial charge in [0.1, 0.15) is 6.61 Å². The van der Waals surface area contributed by atoms with Crippen molar-refractivity contribution in [1.29, 1.82) is 0 Å². The lowest BCUT2D eigenvalue weighted by atomic mass is 10.1. The SMILES string of the molecule is CC/C=C\C/C=C\C/C=C\C/C=C\C=C/C(O)C/C=C\CCC(=O)O[C@H](COC(=O)CCCCCCC/C=C\C=C/CCCCCC)COP(=O)(O)O. The van der Waals surface area contributed by atoms with Crippen molar-refractivity contribution in [3.63, 3.8) is 0 Å². The molecule has 0 aromatic rings. The van der Waals surface area contributed by atoms with Crippen molar-refractivity contribution in [1.82, 2.24) is 0 Å². The van der Waals surface area contributed by atoms with Gasteiger partial charge in [-0.05, 0) is 70.6 Å². The van der Waals surface area contributed by atoms with E-state index < -0.39 is 38.6 Å². The Morgan fingerprint density at radius 2 is 1.19 bits per heavy atom. The average Bonchev–Trinajstić information content (AvgIpc) is 3.12. The van der Waals surface area contributed by atoms with Crippen molar-refractivity contribution < 1.29 is 43.0 Å². The van der Waals surface area contributed by atoms with Crippen LogP contribution in [0.25, 0.3) is 0 Å². The van der Waals surface area contributed by atoms with Crippen molar-refractivity contribution >= 4 is 19.8 Å². The minimum atomic E-state index is -4.81. The maximum absolute atomic E-state index is 12.4. The number of aliphatic hydroxyl groups is 1. The van der Waals surface area contributed by atoms with E-state index in [1.807, 2.05) is 12.2 Å². The number of unbranched alkanes of at least 4 members (excludes halogenated alkanes) is 9. The molecule has 10 heteroatoms. The maximum atomic E-state index is 12.4. The molecule has 2 atom stereocenters. The highest BCUT2D eigenvalue weighted by atomic mass is 31.2. The normalized spacial score (nSPS) is 14.1. The summed E-state index contributed by atoms with van der Waals surface area (Å²) in [7, 11) is -4.81. The quantitative estimate of drug-likeness (QED) is 0.0192. The summed E-state index contributed by atoms with van der Waals surface area (Å²) in [6.45, 7) is 3.37. The summed E-state index contributed by atoms with van der Waals surface area (Å²) in [5.74, 6) is -1.10. The lowest BCUT2D eigenvalue weighted by molar-refractivity contribution is -0.161. The number of esters is 2. The van der Waals surface area contributed by atoms with Crippen molar-refractivity contribution in [2.45, 2.75) is 148 Å². The Kier molecular flexibility index (Phi) is 35.1. The summed E-state index contributed by atoms with van der Waals surface area (Å²) in [6.07, 6.45) is 47.3. The van der Waals surface area contributed by atoms with E-state index >= 15 is 0 Å². The molecule has 0 spiro atoms. The number of ether oxygens (including phenoxy) is 2. The van der Waals surface area contributed by atoms with Crippen LogP contribution < -0.4 is 0 Å². The molecule has 0 aliphatic heterocycles. The van der Waals surface area contributed by atoms with Crippen molar-refractivity contribution in [2.24, 2.45) is 0 Å². The van der Waals surface area contributed by atoms with Gasteiger partial charge in [0.25, 0.3) is 0 Å². The Bertz CT molecular complexity index is 1190. The summed E-state index contributed by atoms with van der Waals surface area (Å²) in [5.41, 5.74) is 0. The molecule has 0 saturated carbocycles. The fourth-order valence-corrected chi connectivity index (χ4v) is 5.13. The standard InChI is InChI=1S/C43H69O9P/c1-3-5-7-9-11-13-15-17-18-20-22-24-26-28-32-36-42(45)50-38-41(39-51-53(47,48)49)52-43(46)37-33-29-31-35-40(44)34-30-27-25-23-21-19-16-14-12-10-8-6-4-2/h6,8,12-15,17-19,21,25,27,29-31,34,40-41,44H,3-5,7,9-11,16,20,22-24,26,28,32-33,35-39H2,1-2H3,(H2,47,48,49)/b8-6-,14-12-,15-13-,18-17-,21-19-,27-25-,31-29-,34-30-/t40?,41-/m1/s1. The fraction of sp³-hybridized carbons (Fsp3) is 0.581. The zero-order valence-corrected chi connectivity index (χ0v) is 33.4. The molecule has 53 heavy (non-hydrogen) atoms. The van der Waals surface area contributed by atoms with E-state index in [1.54, 1.807) is 24.3 Å². The molecule has 0 radical (unpaired) electrons. The Hall–Kier alpha value is -3.07. The third kappa shape index (κ3) is 40.0. The maximum Gasteiger partial charge on any atom is 0.469 e. The zero-order chi connectivity index (χ0) is 39.1. The number of aliphatic hydroxyl groups excluding tert-OH is 1. The van der Waals surface area contributed by atoms with Crippen LogP contribution in [0.15, 0.2) is 97.2 Å². The molecule has 0 aromatic heterocycles. The monoisotopic (exact) mass is 760 g/mol. The molecule has 0 rings (SSSR count). The van der Waals surface area contributed by atoms with E-state index in [0.717, 1.165) is 64.2 Å². The number of carbonyl (C=O) groups is 2. The van der Waals surface area contributed by atoms with Crippen LogP contribution in [0.1, 0.15) is 136 Å². The number of carbonyl (C=O) groups excluding carboxylic acids is 2. The summed E-state index contributed by atoms with van der Waals surface area (Å²) < 4.78 is 26.2. The Morgan fingerprint density at radius 1 is 0.604 bits per heavy atom. The number of phosphoric acid groups is 1. The van der Waals surface area contributed by atoms with Crippen LogP contribution in [0, 0.1) is 0 Å². The predicted octanol–water partition coefficient (Wildman–Crippen LogP) is 10.8. The minimum Gasteiger partial charge on any atom is -0.462 e. The molecule has 9 nitrogen and oxygen atoms in total. The van der Waals surface area contributed by atoms with Gasteiger partial charge < -0.3 is 24.4 Å². The van der Waals surface area contributed by atoms with Crippen molar-refractivity contribution in [2.75, 3.05) is 13.2 Å². The first kappa shape index (κ1) is 49.9. The molecule has 0 aliphatic rings. The van der Waals surface area contributed by atoms with Gasteiger partial charge in [0.15, 0.2) is 6.10 Å².